The van der Waals surface area contributed by atoms with E-state index in [9.17, 15) is 14.4 Å². The quantitative estimate of drug-likeness (QED) is 0.534. The van der Waals surface area contributed by atoms with Gasteiger partial charge in [-0.2, -0.15) is 0 Å². The fourth-order valence-electron chi connectivity index (χ4n) is 3.51. The number of amides is 3. The minimum atomic E-state index is -0.886. The van der Waals surface area contributed by atoms with Crippen LogP contribution < -0.4 is 16.6 Å². The van der Waals surface area contributed by atoms with Gasteiger partial charge in [0.2, 0.25) is 5.91 Å². The van der Waals surface area contributed by atoms with Crippen molar-refractivity contribution in [2.45, 2.75) is 70.3 Å². The molecular weight excluding hydrogens is 408 g/mol. The molecule has 0 saturated heterocycles. The van der Waals surface area contributed by atoms with Crippen molar-refractivity contribution in [2.24, 2.45) is 17.6 Å². The van der Waals surface area contributed by atoms with Gasteiger partial charge in [-0.25, -0.2) is 9.78 Å². The lowest BCUT2D eigenvalue weighted by Crippen LogP contribution is -2.39. The molecule has 3 amide bonds. The molecule has 29 heavy (non-hydrogen) atoms. The fourth-order valence-corrected chi connectivity index (χ4v) is 5.87. The topological polar surface area (TPSA) is 107 Å². The van der Waals surface area contributed by atoms with Gasteiger partial charge in [-0.3, -0.25) is 19.5 Å². The molecule has 3 rings (SSSR count). The number of aryl methyl sites for hydroxylation is 1. The molecule has 2 atom stereocenters. The van der Waals surface area contributed by atoms with Gasteiger partial charge in [-0.05, 0) is 50.0 Å². The van der Waals surface area contributed by atoms with Crippen molar-refractivity contribution in [1.29, 1.82) is 0 Å². The van der Waals surface area contributed by atoms with Gasteiger partial charge in [0, 0.05) is 11.4 Å². The highest BCUT2D eigenvalue weighted by Gasteiger charge is 2.26. The molecular formula is C20H28N4O3S2. The summed E-state index contributed by atoms with van der Waals surface area (Å²) >= 11 is 2.78. The van der Waals surface area contributed by atoms with E-state index in [0.29, 0.717) is 23.5 Å². The van der Waals surface area contributed by atoms with Crippen molar-refractivity contribution >= 4 is 45.3 Å². The third-order valence-corrected chi connectivity index (χ3v) is 7.45. The van der Waals surface area contributed by atoms with E-state index < -0.39 is 17.2 Å². The zero-order valence-corrected chi connectivity index (χ0v) is 18.9. The van der Waals surface area contributed by atoms with Crippen LogP contribution >= 0.6 is 23.1 Å². The third kappa shape index (κ3) is 4.83. The predicted octanol–water partition coefficient (Wildman–Crippen LogP) is 3.30. The van der Waals surface area contributed by atoms with E-state index in [1.165, 1.54) is 16.6 Å². The van der Waals surface area contributed by atoms with Gasteiger partial charge >= 0.3 is 6.03 Å². The molecule has 9 heteroatoms. The Balaban J connectivity index is 2.05. The first kappa shape index (κ1) is 21.8. The fraction of sp³-hybridized carbons (Fsp3) is 0.600. The normalized spacial score (nSPS) is 17.3. The largest absolute Gasteiger partial charge is 0.351 e. The van der Waals surface area contributed by atoms with Crippen molar-refractivity contribution in [3.05, 3.63) is 20.8 Å². The van der Waals surface area contributed by atoms with Crippen LogP contribution in [0.4, 0.5) is 4.79 Å². The second-order valence-electron chi connectivity index (χ2n) is 8.18. The summed E-state index contributed by atoms with van der Waals surface area (Å²) in [6.07, 6.45) is 3.83. The number of carbonyl (C=O) groups excluding carboxylic acids is 2. The molecule has 2 aromatic rings. The zero-order valence-electron chi connectivity index (χ0n) is 17.3. The van der Waals surface area contributed by atoms with E-state index in [2.05, 4.69) is 26.1 Å². The van der Waals surface area contributed by atoms with Crippen LogP contribution in [0.5, 0.6) is 0 Å². The molecule has 0 unspecified atom stereocenters. The molecule has 0 aromatic carbocycles. The molecule has 0 radical (unpaired) electrons. The van der Waals surface area contributed by atoms with Crippen LogP contribution in [0.25, 0.3) is 10.2 Å². The first-order valence-electron chi connectivity index (χ1n) is 9.99. The molecule has 7 nitrogen and oxygen atoms in total. The van der Waals surface area contributed by atoms with E-state index in [1.807, 2.05) is 0 Å². The summed E-state index contributed by atoms with van der Waals surface area (Å²) < 4.78 is 1.70. The van der Waals surface area contributed by atoms with Crippen LogP contribution in [-0.4, -0.2) is 26.7 Å². The number of nitrogens with two attached hydrogens (primary N) is 1. The van der Waals surface area contributed by atoms with E-state index in [4.69, 9.17) is 10.7 Å². The number of urea groups is 1. The molecule has 158 valence electrons. The SMILES string of the molecule is CC(C)CCn1c(S[C@@H](C)C(=O)NC(N)=O)nc2sc3c(c2c1=O)CC[C@H](C)C3. The molecule has 0 fully saturated rings. The zero-order chi connectivity index (χ0) is 21.3. The summed E-state index contributed by atoms with van der Waals surface area (Å²) in [5.74, 6) is 0.555. The number of thiophene rings is 1. The molecule has 3 N–H and O–H groups in total. The monoisotopic (exact) mass is 436 g/mol. The van der Waals surface area contributed by atoms with Crippen LogP contribution in [0.1, 0.15) is 51.0 Å². The smallest absolute Gasteiger partial charge is 0.318 e. The first-order valence-corrected chi connectivity index (χ1v) is 11.7. The maximum atomic E-state index is 13.4. The van der Waals surface area contributed by atoms with Gasteiger partial charge in [0.1, 0.15) is 4.83 Å². The molecule has 0 aliphatic heterocycles. The minimum Gasteiger partial charge on any atom is -0.351 e. The summed E-state index contributed by atoms with van der Waals surface area (Å²) in [5.41, 5.74) is 6.19. The lowest BCUT2D eigenvalue weighted by atomic mass is 9.89. The molecule has 2 heterocycles. The van der Waals surface area contributed by atoms with E-state index in [-0.39, 0.29) is 5.56 Å². The lowest BCUT2D eigenvalue weighted by molar-refractivity contribution is -0.119. The van der Waals surface area contributed by atoms with Crippen molar-refractivity contribution < 1.29 is 9.59 Å². The number of carbonyl (C=O) groups is 2. The summed E-state index contributed by atoms with van der Waals surface area (Å²) in [6.45, 7) is 8.68. The van der Waals surface area contributed by atoms with Gasteiger partial charge in [-0.15, -0.1) is 11.3 Å². The number of nitrogens with zero attached hydrogens (tertiary/aromatic N) is 2. The Kier molecular flexibility index (Phi) is 6.68. The number of hydrogen-bond acceptors (Lipinski definition) is 6. The lowest BCUT2D eigenvalue weighted by Gasteiger charge is -2.18. The number of rotatable bonds is 6. The average Bonchev–Trinajstić information content (AvgIpc) is 2.97. The van der Waals surface area contributed by atoms with Gasteiger partial charge in [0.25, 0.3) is 5.56 Å². The standard InChI is InChI=1S/C20H28N4O3S2/c1-10(2)7-8-24-18(26)15-13-6-5-11(3)9-14(13)29-17(15)23-20(24)28-12(4)16(25)22-19(21)27/h10-12H,5-9H2,1-4H3,(H3,21,22,25,27)/t11-,12-/m0/s1. The van der Waals surface area contributed by atoms with Crippen molar-refractivity contribution in [3.8, 4) is 0 Å². The summed E-state index contributed by atoms with van der Waals surface area (Å²) in [4.78, 5) is 43.4. The Bertz CT molecular complexity index is 996. The van der Waals surface area contributed by atoms with Gasteiger partial charge in [0.15, 0.2) is 5.16 Å². The highest BCUT2D eigenvalue weighted by Crippen LogP contribution is 2.37. The van der Waals surface area contributed by atoms with Crippen LogP contribution in [0, 0.1) is 11.8 Å². The molecule has 0 bridgehead atoms. The number of thioether (sulfide) groups is 1. The Morgan fingerprint density at radius 1 is 1.38 bits per heavy atom. The van der Waals surface area contributed by atoms with Crippen molar-refractivity contribution in [2.75, 3.05) is 0 Å². The van der Waals surface area contributed by atoms with Crippen LogP contribution in [0.3, 0.4) is 0 Å². The molecule has 0 saturated carbocycles. The van der Waals surface area contributed by atoms with E-state index >= 15 is 0 Å². The van der Waals surface area contributed by atoms with Crippen molar-refractivity contribution in [3.63, 3.8) is 0 Å². The molecule has 1 aliphatic rings. The van der Waals surface area contributed by atoms with Gasteiger partial charge < -0.3 is 5.73 Å². The maximum Gasteiger partial charge on any atom is 0.318 e. The molecule has 2 aromatic heterocycles. The second-order valence-corrected chi connectivity index (χ2v) is 10.6. The number of hydrogen-bond donors (Lipinski definition) is 2. The van der Waals surface area contributed by atoms with Crippen LogP contribution in [0.15, 0.2) is 9.95 Å². The third-order valence-electron chi connectivity index (χ3n) is 5.21. The van der Waals surface area contributed by atoms with Crippen molar-refractivity contribution in [1.82, 2.24) is 14.9 Å². The summed E-state index contributed by atoms with van der Waals surface area (Å²) in [5, 5.41) is 2.76. The number of aromatic nitrogens is 2. The number of nitrogens with one attached hydrogen (secondary N) is 1. The average molecular weight is 437 g/mol. The number of imide groups is 1. The maximum absolute atomic E-state index is 13.4. The van der Waals surface area contributed by atoms with E-state index in [1.54, 1.807) is 22.8 Å². The van der Waals surface area contributed by atoms with Crippen LogP contribution in [-0.2, 0) is 24.2 Å². The second kappa shape index (κ2) is 8.87. The number of primary amides is 1. The molecule has 0 spiro atoms. The van der Waals surface area contributed by atoms with Crippen LogP contribution in [0.2, 0.25) is 0 Å². The Morgan fingerprint density at radius 3 is 2.76 bits per heavy atom. The van der Waals surface area contributed by atoms with Gasteiger partial charge in [-0.1, -0.05) is 32.5 Å². The van der Waals surface area contributed by atoms with E-state index in [0.717, 1.165) is 41.5 Å². The molecule has 1 aliphatic carbocycles. The minimum absolute atomic E-state index is 0.0206. The van der Waals surface area contributed by atoms with Gasteiger partial charge in [0.05, 0.1) is 10.6 Å². The predicted molar refractivity (Wildman–Crippen MR) is 118 cm³/mol. The number of fused-ring (bicyclic) bond motifs is 3. The highest BCUT2D eigenvalue weighted by molar-refractivity contribution is 8.00. The summed E-state index contributed by atoms with van der Waals surface area (Å²) in [7, 11) is 0. The Morgan fingerprint density at radius 2 is 2.10 bits per heavy atom. The Labute approximate surface area is 178 Å². The highest BCUT2D eigenvalue weighted by atomic mass is 32.2. The summed E-state index contributed by atoms with van der Waals surface area (Å²) in [6, 6.07) is -0.886. The first-order chi connectivity index (χ1) is 13.7. The Hall–Kier alpha value is -1.87.